The zero-order valence-electron chi connectivity index (χ0n) is 10.6. The number of aromatic nitrogens is 1. The molecule has 2 aromatic rings. The molecule has 2 unspecified atom stereocenters. The van der Waals surface area contributed by atoms with Gasteiger partial charge in [0.2, 0.25) is 0 Å². The minimum absolute atomic E-state index is 0.0587. The normalized spacial score (nSPS) is 14.2. The van der Waals surface area contributed by atoms with Crippen LogP contribution in [0.2, 0.25) is 0 Å². The van der Waals surface area contributed by atoms with E-state index in [1.54, 1.807) is 6.20 Å². The lowest BCUT2D eigenvalue weighted by molar-refractivity contribution is 0.490. The number of rotatable bonds is 4. The van der Waals surface area contributed by atoms with Crippen molar-refractivity contribution in [1.29, 1.82) is 0 Å². The molecule has 0 fully saturated rings. The minimum Gasteiger partial charge on any atom is -0.304 e. The van der Waals surface area contributed by atoms with Crippen LogP contribution in [-0.2, 0) is 0 Å². The van der Waals surface area contributed by atoms with Gasteiger partial charge in [0.25, 0.3) is 0 Å². The van der Waals surface area contributed by atoms with Crippen LogP contribution in [-0.4, -0.2) is 4.98 Å². The number of nitrogens with zero attached hydrogens (tertiary/aromatic N) is 1. The van der Waals surface area contributed by atoms with Crippen LogP contribution in [0.4, 0.5) is 4.39 Å². The first-order valence-electron chi connectivity index (χ1n) is 6.08. The maximum Gasteiger partial charge on any atom is 0.141 e. The molecule has 0 saturated carbocycles. The van der Waals surface area contributed by atoms with E-state index in [-0.39, 0.29) is 17.9 Å². The van der Waals surface area contributed by atoms with Crippen LogP contribution >= 0.6 is 0 Å². The quantitative estimate of drug-likeness (QED) is 0.888. The number of hydrogen-bond donors (Lipinski definition) is 1. The molecule has 94 valence electrons. The van der Waals surface area contributed by atoms with Crippen molar-refractivity contribution in [2.75, 3.05) is 0 Å². The molecule has 0 amide bonds. The van der Waals surface area contributed by atoms with E-state index in [2.05, 4.69) is 29.4 Å². The van der Waals surface area contributed by atoms with E-state index in [1.165, 1.54) is 17.8 Å². The summed E-state index contributed by atoms with van der Waals surface area (Å²) in [6.07, 6.45) is 2.91. The molecule has 2 nitrogen and oxygen atoms in total. The zero-order chi connectivity index (χ0) is 13.0. The topological polar surface area (TPSA) is 24.9 Å². The van der Waals surface area contributed by atoms with Crippen LogP contribution in [0.1, 0.15) is 37.1 Å². The van der Waals surface area contributed by atoms with Gasteiger partial charge in [0, 0.05) is 18.3 Å². The van der Waals surface area contributed by atoms with Crippen molar-refractivity contribution in [3.05, 3.63) is 65.7 Å². The van der Waals surface area contributed by atoms with E-state index in [4.69, 9.17) is 0 Å². The molecule has 1 aromatic carbocycles. The Balaban J connectivity index is 2.05. The summed E-state index contributed by atoms with van der Waals surface area (Å²) in [5.74, 6) is -0.298. The van der Waals surface area contributed by atoms with E-state index in [9.17, 15) is 4.39 Å². The van der Waals surface area contributed by atoms with Crippen LogP contribution in [0, 0.1) is 5.82 Å². The summed E-state index contributed by atoms with van der Waals surface area (Å²) in [6.45, 7) is 4.11. The summed E-state index contributed by atoms with van der Waals surface area (Å²) in [4.78, 5) is 3.87. The number of pyridine rings is 1. The molecule has 0 bridgehead atoms. The highest BCUT2D eigenvalue weighted by Gasteiger charge is 2.11. The summed E-state index contributed by atoms with van der Waals surface area (Å²) in [5.41, 5.74) is 2.08. The van der Waals surface area contributed by atoms with Crippen LogP contribution in [0.25, 0.3) is 0 Å². The Bertz CT molecular complexity index is 499. The highest BCUT2D eigenvalue weighted by Crippen LogP contribution is 2.18. The fourth-order valence-electron chi connectivity index (χ4n) is 1.97. The Morgan fingerprint density at radius 1 is 1.00 bits per heavy atom. The van der Waals surface area contributed by atoms with Crippen LogP contribution < -0.4 is 5.32 Å². The van der Waals surface area contributed by atoms with Gasteiger partial charge in [-0.3, -0.25) is 4.98 Å². The van der Waals surface area contributed by atoms with Gasteiger partial charge in [0.1, 0.15) is 5.82 Å². The maximum atomic E-state index is 13.1. The van der Waals surface area contributed by atoms with E-state index in [1.807, 2.05) is 25.1 Å². The largest absolute Gasteiger partial charge is 0.304 e. The Labute approximate surface area is 107 Å². The number of benzene rings is 1. The van der Waals surface area contributed by atoms with E-state index < -0.39 is 0 Å². The minimum atomic E-state index is -0.298. The van der Waals surface area contributed by atoms with Gasteiger partial charge in [-0.15, -0.1) is 0 Å². The maximum absolute atomic E-state index is 13.1. The van der Waals surface area contributed by atoms with E-state index >= 15 is 0 Å². The molecule has 0 aliphatic rings. The van der Waals surface area contributed by atoms with Crippen molar-refractivity contribution in [2.24, 2.45) is 0 Å². The molecule has 18 heavy (non-hydrogen) atoms. The van der Waals surface area contributed by atoms with Crippen molar-refractivity contribution >= 4 is 0 Å². The van der Waals surface area contributed by atoms with Crippen molar-refractivity contribution in [2.45, 2.75) is 25.9 Å². The molecule has 0 radical (unpaired) electrons. The van der Waals surface area contributed by atoms with Gasteiger partial charge >= 0.3 is 0 Å². The third kappa shape index (κ3) is 3.14. The van der Waals surface area contributed by atoms with Crippen molar-refractivity contribution in [1.82, 2.24) is 10.3 Å². The summed E-state index contributed by atoms with van der Waals surface area (Å²) in [6, 6.07) is 12.0. The smallest absolute Gasteiger partial charge is 0.141 e. The first kappa shape index (κ1) is 12.7. The van der Waals surface area contributed by atoms with Gasteiger partial charge in [-0.1, -0.05) is 30.3 Å². The average Bonchev–Trinajstić information content (AvgIpc) is 2.39. The summed E-state index contributed by atoms with van der Waals surface area (Å²) in [7, 11) is 0. The van der Waals surface area contributed by atoms with Crippen molar-refractivity contribution in [3.8, 4) is 0 Å². The lowest BCUT2D eigenvalue weighted by Gasteiger charge is -2.20. The number of nitrogens with one attached hydrogen (secondary N) is 1. The summed E-state index contributed by atoms with van der Waals surface area (Å²) < 4.78 is 13.1. The highest BCUT2D eigenvalue weighted by atomic mass is 19.1. The lowest BCUT2D eigenvalue weighted by Crippen LogP contribution is -2.22. The number of halogens is 1. The highest BCUT2D eigenvalue weighted by molar-refractivity contribution is 5.20. The molecule has 0 aliphatic heterocycles. The summed E-state index contributed by atoms with van der Waals surface area (Å²) >= 11 is 0. The lowest BCUT2D eigenvalue weighted by atomic mass is 10.1. The van der Waals surface area contributed by atoms with Crippen molar-refractivity contribution < 1.29 is 4.39 Å². The summed E-state index contributed by atoms with van der Waals surface area (Å²) in [5, 5.41) is 3.43. The Morgan fingerprint density at radius 3 is 2.33 bits per heavy atom. The van der Waals surface area contributed by atoms with E-state index in [0.29, 0.717) is 0 Å². The first-order valence-corrected chi connectivity index (χ1v) is 6.08. The monoisotopic (exact) mass is 244 g/mol. The standard InChI is InChI=1S/C15H17FN2/c1-11(13-6-4-3-5-7-13)18-12(2)14-8-15(16)10-17-9-14/h3-12,18H,1-2H3. The average molecular weight is 244 g/mol. The van der Waals surface area contributed by atoms with Crippen LogP contribution in [0.5, 0.6) is 0 Å². The molecule has 2 atom stereocenters. The van der Waals surface area contributed by atoms with Crippen LogP contribution in [0.3, 0.4) is 0 Å². The third-order valence-electron chi connectivity index (χ3n) is 3.03. The SMILES string of the molecule is CC(NC(C)c1cncc(F)c1)c1ccccc1. The van der Waals surface area contributed by atoms with Gasteiger partial charge in [-0.05, 0) is 31.0 Å². The molecular weight excluding hydrogens is 227 g/mol. The molecular formula is C15H17FN2. The van der Waals surface area contributed by atoms with Gasteiger partial charge < -0.3 is 5.32 Å². The molecule has 2 rings (SSSR count). The molecule has 3 heteroatoms. The predicted molar refractivity (Wildman–Crippen MR) is 70.6 cm³/mol. The Hall–Kier alpha value is -1.74. The Morgan fingerprint density at radius 2 is 1.67 bits per heavy atom. The van der Waals surface area contributed by atoms with Gasteiger partial charge in [-0.25, -0.2) is 4.39 Å². The molecule has 1 aromatic heterocycles. The van der Waals surface area contributed by atoms with Gasteiger partial charge in [0.15, 0.2) is 0 Å². The fraction of sp³-hybridized carbons (Fsp3) is 0.267. The van der Waals surface area contributed by atoms with Gasteiger partial charge in [0.05, 0.1) is 6.20 Å². The second-order valence-electron chi connectivity index (χ2n) is 4.46. The Kier molecular flexibility index (Phi) is 4.05. The number of hydrogen-bond acceptors (Lipinski definition) is 2. The van der Waals surface area contributed by atoms with E-state index in [0.717, 1.165) is 5.56 Å². The third-order valence-corrected chi connectivity index (χ3v) is 3.03. The molecule has 1 heterocycles. The van der Waals surface area contributed by atoms with Gasteiger partial charge in [-0.2, -0.15) is 0 Å². The second kappa shape index (κ2) is 5.74. The molecule has 0 saturated heterocycles. The van der Waals surface area contributed by atoms with Crippen LogP contribution in [0.15, 0.2) is 48.8 Å². The molecule has 1 N–H and O–H groups in total. The van der Waals surface area contributed by atoms with Crippen molar-refractivity contribution in [3.63, 3.8) is 0 Å². The second-order valence-corrected chi connectivity index (χ2v) is 4.46. The zero-order valence-corrected chi connectivity index (χ0v) is 10.6. The fourth-order valence-corrected chi connectivity index (χ4v) is 1.97. The molecule has 0 aliphatic carbocycles. The molecule has 0 spiro atoms. The first-order chi connectivity index (χ1) is 8.66. The predicted octanol–water partition coefficient (Wildman–Crippen LogP) is 3.63.